The van der Waals surface area contributed by atoms with E-state index in [9.17, 15) is 9.59 Å². The van der Waals surface area contributed by atoms with Crippen molar-refractivity contribution in [1.29, 1.82) is 5.26 Å². The molecule has 3 aromatic rings. The van der Waals surface area contributed by atoms with Crippen LogP contribution in [0.4, 0.5) is 0 Å². The molecule has 0 aromatic heterocycles. The average molecular weight is 371 g/mol. The molecule has 0 aliphatic rings. The van der Waals surface area contributed by atoms with E-state index in [1.54, 1.807) is 36.4 Å². The molecule has 0 N–H and O–H groups in total. The molecule has 0 unspecified atom stereocenters. The first kappa shape index (κ1) is 18.9. The molecule has 0 aliphatic carbocycles. The molecule has 0 fully saturated rings. The number of rotatable bonds is 7. The van der Waals surface area contributed by atoms with Crippen molar-refractivity contribution in [1.82, 2.24) is 0 Å². The van der Waals surface area contributed by atoms with Gasteiger partial charge >= 0.3 is 5.97 Å². The molecule has 0 aliphatic heterocycles. The maximum atomic E-state index is 12.2. The molecular formula is C23H17NO4. The summed E-state index contributed by atoms with van der Waals surface area (Å²) in [6.45, 7) is -0.744. The minimum Gasteiger partial charge on any atom is -0.481 e. The maximum Gasteiger partial charge on any atom is 0.344 e. The minimum absolute atomic E-state index is 0.296. The fourth-order valence-corrected chi connectivity index (χ4v) is 2.57. The summed E-state index contributed by atoms with van der Waals surface area (Å²) in [6, 6.07) is 25.5. The van der Waals surface area contributed by atoms with Crippen LogP contribution in [0.15, 0.2) is 78.9 Å². The van der Waals surface area contributed by atoms with Crippen LogP contribution in [-0.2, 0) is 9.53 Å². The van der Waals surface area contributed by atoms with Crippen LogP contribution in [0.3, 0.4) is 0 Å². The van der Waals surface area contributed by atoms with Gasteiger partial charge in [-0.3, -0.25) is 4.79 Å². The van der Waals surface area contributed by atoms with Gasteiger partial charge in [0.05, 0.1) is 5.56 Å². The lowest BCUT2D eigenvalue weighted by molar-refractivity contribution is -0.144. The van der Waals surface area contributed by atoms with Gasteiger partial charge in [0.2, 0.25) is 0 Å². The number of carbonyl (C=O) groups is 2. The Balaban J connectivity index is 1.51. The number of hydrogen-bond donors (Lipinski definition) is 0. The van der Waals surface area contributed by atoms with Gasteiger partial charge in [0, 0.05) is 5.56 Å². The molecule has 5 nitrogen and oxygen atoms in total. The van der Waals surface area contributed by atoms with Gasteiger partial charge in [-0.2, -0.15) is 5.26 Å². The second-order valence-corrected chi connectivity index (χ2v) is 5.92. The van der Waals surface area contributed by atoms with Crippen molar-refractivity contribution < 1.29 is 19.1 Å². The highest BCUT2D eigenvalue weighted by Crippen LogP contribution is 2.19. The Labute approximate surface area is 162 Å². The molecule has 5 heteroatoms. The van der Waals surface area contributed by atoms with Gasteiger partial charge in [0.25, 0.3) is 0 Å². The van der Waals surface area contributed by atoms with E-state index in [0.717, 1.165) is 11.1 Å². The standard InChI is InChI=1S/C23H17NO4/c24-14-20-8-4-5-9-22(20)27-16-23(26)28-15-21(25)19-12-10-18(11-13-19)17-6-2-1-3-7-17/h1-13H,15-16H2. The number of ketones is 1. The topological polar surface area (TPSA) is 76.4 Å². The van der Waals surface area contributed by atoms with E-state index in [1.807, 2.05) is 48.5 Å². The van der Waals surface area contributed by atoms with E-state index in [1.165, 1.54) is 0 Å². The number of para-hydroxylation sites is 1. The third-order valence-corrected chi connectivity index (χ3v) is 4.03. The number of ether oxygens (including phenoxy) is 2. The highest BCUT2D eigenvalue weighted by Gasteiger charge is 2.12. The number of benzene rings is 3. The summed E-state index contributed by atoms with van der Waals surface area (Å²) >= 11 is 0. The summed E-state index contributed by atoms with van der Waals surface area (Å²) in [7, 11) is 0. The van der Waals surface area contributed by atoms with Gasteiger partial charge < -0.3 is 9.47 Å². The van der Waals surface area contributed by atoms with Gasteiger partial charge in [-0.25, -0.2) is 4.79 Å². The lowest BCUT2D eigenvalue weighted by Gasteiger charge is -2.08. The Morgan fingerprint density at radius 2 is 1.43 bits per heavy atom. The fourth-order valence-electron chi connectivity index (χ4n) is 2.57. The van der Waals surface area contributed by atoms with Crippen LogP contribution in [0.5, 0.6) is 5.75 Å². The van der Waals surface area contributed by atoms with E-state index in [-0.39, 0.29) is 19.0 Å². The van der Waals surface area contributed by atoms with E-state index >= 15 is 0 Å². The molecule has 0 atom stereocenters. The Morgan fingerprint density at radius 3 is 2.14 bits per heavy atom. The van der Waals surface area contributed by atoms with Crippen molar-refractivity contribution in [3.8, 4) is 22.9 Å². The highest BCUT2D eigenvalue weighted by molar-refractivity contribution is 5.98. The number of esters is 1. The van der Waals surface area contributed by atoms with E-state index in [4.69, 9.17) is 14.7 Å². The third-order valence-electron chi connectivity index (χ3n) is 4.03. The molecule has 0 saturated carbocycles. The largest absolute Gasteiger partial charge is 0.481 e. The molecule has 0 spiro atoms. The molecule has 0 bridgehead atoms. The number of nitrogens with zero attached hydrogens (tertiary/aromatic N) is 1. The van der Waals surface area contributed by atoms with E-state index in [2.05, 4.69) is 0 Å². The monoisotopic (exact) mass is 371 g/mol. The molecule has 0 amide bonds. The lowest BCUT2D eigenvalue weighted by atomic mass is 10.0. The predicted molar refractivity (Wildman–Crippen MR) is 104 cm³/mol. The SMILES string of the molecule is N#Cc1ccccc1OCC(=O)OCC(=O)c1ccc(-c2ccccc2)cc1. The second kappa shape index (κ2) is 9.15. The molecule has 0 radical (unpaired) electrons. The normalized spacial score (nSPS) is 9.96. The summed E-state index contributed by atoms with van der Waals surface area (Å²) in [5.41, 5.74) is 2.84. The van der Waals surface area contributed by atoms with Crippen molar-refractivity contribution in [2.24, 2.45) is 0 Å². The first-order chi connectivity index (χ1) is 13.7. The van der Waals surface area contributed by atoms with Crippen LogP contribution in [0, 0.1) is 11.3 Å². The summed E-state index contributed by atoms with van der Waals surface area (Å²) in [6.07, 6.45) is 0. The van der Waals surface area contributed by atoms with E-state index < -0.39 is 5.97 Å². The minimum atomic E-state index is -0.679. The first-order valence-electron chi connectivity index (χ1n) is 8.63. The van der Waals surface area contributed by atoms with Gasteiger partial charge in [-0.05, 0) is 23.3 Å². The lowest BCUT2D eigenvalue weighted by Crippen LogP contribution is -2.19. The first-order valence-corrected chi connectivity index (χ1v) is 8.63. The number of Topliss-reactive ketones (excluding diaryl/α,β-unsaturated/α-hetero) is 1. The second-order valence-electron chi connectivity index (χ2n) is 5.92. The Hall–Kier alpha value is -3.91. The number of hydrogen-bond acceptors (Lipinski definition) is 5. The van der Waals surface area contributed by atoms with Crippen LogP contribution in [0.1, 0.15) is 15.9 Å². The molecule has 0 heterocycles. The predicted octanol–water partition coefficient (Wildman–Crippen LogP) is 4.03. The van der Waals surface area contributed by atoms with Crippen molar-refractivity contribution >= 4 is 11.8 Å². The van der Waals surface area contributed by atoms with Crippen molar-refractivity contribution in [2.45, 2.75) is 0 Å². The quantitative estimate of drug-likeness (QED) is 0.463. The highest BCUT2D eigenvalue weighted by atomic mass is 16.6. The van der Waals surface area contributed by atoms with Crippen LogP contribution in [0.25, 0.3) is 11.1 Å². The zero-order valence-electron chi connectivity index (χ0n) is 15.0. The summed E-state index contributed by atoms with van der Waals surface area (Å²) in [5, 5.41) is 8.99. The molecular weight excluding hydrogens is 354 g/mol. The van der Waals surface area contributed by atoms with Crippen LogP contribution < -0.4 is 4.74 Å². The maximum absolute atomic E-state index is 12.2. The van der Waals surface area contributed by atoms with Crippen molar-refractivity contribution in [2.75, 3.05) is 13.2 Å². The number of nitriles is 1. The van der Waals surface area contributed by atoms with Crippen LogP contribution in [0.2, 0.25) is 0 Å². The van der Waals surface area contributed by atoms with Gasteiger partial charge in [-0.15, -0.1) is 0 Å². The Morgan fingerprint density at radius 1 is 0.786 bits per heavy atom. The molecule has 28 heavy (non-hydrogen) atoms. The summed E-state index contributed by atoms with van der Waals surface area (Å²) < 4.78 is 10.3. The van der Waals surface area contributed by atoms with Crippen molar-refractivity contribution in [3.05, 3.63) is 90.0 Å². The zero-order chi connectivity index (χ0) is 19.8. The summed E-state index contributed by atoms with van der Waals surface area (Å²) in [4.78, 5) is 24.0. The third kappa shape index (κ3) is 4.83. The molecule has 3 aromatic carbocycles. The fraction of sp³-hybridized carbons (Fsp3) is 0.0870. The molecule has 0 saturated heterocycles. The smallest absolute Gasteiger partial charge is 0.344 e. The number of carbonyl (C=O) groups excluding carboxylic acids is 2. The van der Waals surface area contributed by atoms with Gasteiger partial charge in [0.15, 0.2) is 19.0 Å². The Kier molecular flexibility index (Phi) is 6.17. The average Bonchev–Trinajstić information content (AvgIpc) is 2.77. The van der Waals surface area contributed by atoms with Gasteiger partial charge in [0.1, 0.15) is 11.8 Å². The van der Waals surface area contributed by atoms with Gasteiger partial charge in [-0.1, -0.05) is 66.7 Å². The molecule has 138 valence electrons. The van der Waals surface area contributed by atoms with E-state index in [0.29, 0.717) is 16.9 Å². The molecule has 3 rings (SSSR count). The Bertz CT molecular complexity index is 1000. The van der Waals surface area contributed by atoms with Crippen molar-refractivity contribution in [3.63, 3.8) is 0 Å². The van der Waals surface area contributed by atoms with Crippen LogP contribution in [-0.4, -0.2) is 25.0 Å². The van der Waals surface area contributed by atoms with Crippen LogP contribution >= 0.6 is 0 Å². The zero-order valence-corrected chi connectivity index (χ0v) is 15.0. The summed E-state index contributed by atoms with van der Waals surface area (Å²) in [5.74, 6) is -0.683.